The standard InChI is InChI=1S/C20H18ClF3N4O4S/c21-10-3-9(5-27-14(10)4-25)33-20-19(31)17(18(30)15(7-29)32-20)28-6-13(26)8-1-11(22)16(24)12(23)2-8/h1-3,5-6,15,17-20,28-31H,7,26H2/b13-6-. The predicted octanol–water partition coefficient (Wildman–Crippen LogP) is 1.47. The molecule has 8 nitrogen and oxygen atoms in total. The first kappa shape index (κ1) is 25.1. The summed E-state index contributed by atoms with van der Waals surface area (Å²) in [6.07, 6.45) is -1.42. The number of ether oxygens (including phenoxy) is 1. The number of pyridine rings is 1. The van der Waals surface area contributed by atoms with Gasteiger partial charge in [0.25, 0.3) is 0 Å². The van der Waals surface area contributed by atoms with Gasteiger partial charge in [0.15, 0.2) is 23.1 Å². The number of thioether (sulfide) groups is 1. The van der Waals surface area contributed by atoms with Crippen LogP contribution in [0, 0.1) is 28.8 Å². The second-order valence-electron chi connectivity index (χ2n) is 6.98. The van der Waals surface area contributed by atoms with E-state index in [1.54, 1.807) is 0 Å². The topological polar surface area (TPSA) is 145 Å². The van der Waals surface area contributed by atoms with E-state index in [9.17, 15) is 28.5 Å². The van der Waals surface area contributed by atoms with Gasteiger partial charge in [-0.2, -0.15) is 5.26 Å². The van der Waals surface area contributed by atoms with Crippen LogP contribution < -0.4 is 11.1 Å². The van der Waals surface area contributed by atoms with Gasteiger partial charge < -0.3 is 31.1 Å². The van der Waals surface area contributed by atoms with Crippen LogP contribution in [0.15, 0.2) is 35.5 Å². The molecule has 0 spiro atoms. The van der Waals surface area contributed by atoms with Gasteiger partial charge in [0.2, 0.25) is 0 Å². The van der Waals surface area contributed by atoms with Crippen molar-refractivity contribution in [3.8, 4) is 6.07 Å². The summed E-state index contributed by atoms with van der Waals surface area (Å²) in [5, 5.41) is 42.5. The van der Waals surface area contributed by atoms with Crippen molar-refractivity contribution in [1.82, 2.24) is 10.3 Å². The SMILES string of the molecule is N#Cc1ncc(SC2OC(CO)C(O)C(N/C=C(\N)c3cc(F)c(F)c(F)c3)C2O)cc1Cl. The largest absolute Gasteiger partial charge is 0.397 e. The van der Waals surface area contributed by atoms with E-state index >= 15 is 0 Å². The fraction of sp³-hybridized carbons (Fsp3) is 0.300. The number of nitrogens with two attached hydrogens (primary N) is 1. The van der Waals surface area contributed by atoms with E-state index in [2.05, 4.69) is 10.3 Å². The molecule has 13 heteroatoms. The number of aliphatic hydroxyl groups is 3. The molecule has 0 amide bonds. The average Bonchev–Trinajstić information content (AvgIpc) is 2.78. The Morgan fingerprint density at radius 3 is 2.52 bits per heavy atom. The number of nitrogens with zero attached hydrogens (tertiary/aromatic N) is 2. The molecule has 0 saturated carbocycles. The quantitative estimate of drug-likeness (QED) is 0.371. The first-order chi connectivity index (χ1) is 15.7. The number of nitriles is 1. The third-order valence-corrected chi connectivity index (χ3v) is 6.21. The maximum absolute atomic E-state index is 13.5. The molecule has 5 atom stereocenters. The Hall–Kier alpha value is -2.53. The van der Waals surface area contributed by atoms with Gasteiger partial charge in [-0.3, -0.25) is 0 Å². The summed E-state index contributed by atoms with van der Waals surface area (Å²) in [4.78, 5) is 4.34. The number of halogens is 4. The molecule has 0 aliphatic carbocycles. The molecule has 0 bridgehead atoms. The minimum Gasteiger partial charge on any atom is -0.397 e. The van der Waals surface area contributed by atoms with Gasteiger partial charge in [0, 0.05) is 22.9 Å². The van der Waals surface area contributed by atoms with Crippen LogP contribution in [0.1, 0.15) is 11.3 Å². The lowest BCUT2D eigenvalue weighted by atomic mass is 9.97. The van der Waals surface area contributed by atoms with Crippen LogP contribution in [0.3, 0.4) is 0 Å². The second kappa shape index (κ2) is 10.6. The monoisotopic (exact) mass is 502 g/mol. The summed E-state index contributed by atoms with van der Waals surface area (Å²) in [6, 6.07) is 3.54. The van der Waals surface area contributed by atoms with Crippen molar-refractivity contribution in [3.05, 3.63) is 64.3 Å². The summed E-state index contributed by atoms with van der Waals surface area (Å²) in [7, 11) is 0. The lowest BCUT2D eigenvalue weighted by Gasteiger charge is -2.42. The summed E-state index contributed by atoms with van der Waals surface area (Å²) in [6.45, 7) is -0.580. The van der Waals surface area contributed by atoms with E-state index in [-0.39, 0.29) is 22.0 Å². The summed E-state index contributed by atoms with van der Waals surface area (Å²) < 4.78 is 45.7. The maximum Gasteiger partial charge on any atom is 0.194 e. The molecule has 33 heavy (non-hydrogen) atoms. The van der Waals surface area contributed by atoms with E-state index in [0.29, 0.717) is 17.0 Å². The normalized spacial score (nSPS) is 25.5. The minimum atomic E-state index is -1.64. The van der Waals surface area contributed by atoms with Gasteiger partial charge in [-0.1, -0.05) is 23.4 Å². The Morgan fingerprint density at radius 2 is 1.94 bits per heavy atom. The highest BCUT2D eigenvalue weighted by Gasteiger charge is 2.44. The Labute approximate surface area is 195 Å². The number of aliphatic hydroxyl groups excluding tert-OH is 3. The van der Waals surface area contributed by atoms with Crippen molar-refractivity contribution in [2.45, 2.75) is 34.7 Å². The molecular weight excluding hydrogens is 485 g/mol. The smallest absolute Gasteiger partial charge is 0.194 e. The van der Waals surface area contributed by atoms with Crippen molar-refractivity contribution in [1.29, 1.82) is 5.26 Å². The van der Waals surface area contributed by atoms with Crippen LogP contribution in [0.25, 0.3) is 5.70 Å². The minimum absolute atomic E-state index is 0.0172. The number of nitrogens with one attached hydrogen (secondary N) is 1. The molecule has 1 aliphatic heterocycles. The number of benzene rings is 1. The number of hydrogen-bond donors (Lipinski definition) is 5. The molecule has 6 N–H and O–H groups in total. The van der Waals surface area contributed by atoms with Crippen molar-refractivity contribution < 1.29 is 33.2 Å². The summed E-state index contributed by atoms with van der Waals surface area (Å²) in [5.74, 6) is -4.50. The molecule has 2 heterocycles. The first-order valence-corrected chi connectivity index (χ1v) is 10.6. The van der Waals surface area contributed by atoms with Crippen LogP contribution >= 0.6 is 23.4 Å². The Balaban J connectivity index is 1.80. The van der Waals surface area contributed by atoms with E-state index < -0.39 is 53.8 Å². The van der Waals surface area contributed by atoms with E-state index in [4.69, 9.17) is 27.3 Å². The average molecular weight is 503 g/mol. The number of aromatic nitrogens is 1. The van der Waals surface area contributed by atoms with E-state index in [1.165, 1.54) is 12.3 Å². The van der Waals surface area contributed by atoms with Gasteiger partial charge in [0.05, 0.1) is 23.4 Å². The highest BCUT2D eigenvalue weighted by molar-refractivity contribution is 7.99. The molecule has 3 rings (SSSR count). The second-order valence-corrected chi connectivity index (χ2v) is 8.56. The highest BCUT2D eigenvalue weighted by Crippen LogP contribution is 2.34. The molecule has 0 radical (unpaired) electrons. The highest BCUT2D eigenvalue weighted by atomic mass is 35.5. The van der Waals surface area contributed by atoms with Gasteiger partial charge in [-0.25, -0.2) is 18.2 Å². The van der Waals surface area contributed by atoms with E-state index in [0.717, 1.165) is 18.0 Å². The summed E-state index contributed by atoms with van der Waals surface area (Å²) in [5.41, 5.74) is 4.44. The maximum atomic E-state index is 13.5. The van der Waals surface area contributed by atoms with Crippen molar-refractivity contribution in [3.63, 3.8) is 0 Å². The van der Waals surface area contributed by atoms with Crippen LogP contribution in [-0.2, 0) is 4.74 Å². The third kappa shape index (κ3) is 5.52. The molecule has 176 valence electrons. The molecule has 5 unspecified atom stereocenters. The van der Waals surface area contributed by atoms with Crippen molar-refractivity contribution in [2.24, 2.45) is 5.73 Å². The van der Waals surface area contributed by atoms with Gasteiger partial charge in [-0.15, -0.1) is 0 Å². The number of hydrogen-bond acceptors (Lipinski definition) is 9. The molecule has 1 aromatic heterocycles. The molecule has 1 fully saturated rings. The number of rotatable bonds is 6. The fourth-order valence-electron chi connectivity index (χ4n) is 3.07. The Kier molecular flexibility index (Phi) is 8.06. The van der Waals surface area contributed by atoms with Crippen LogP contribution in [0.5, 0.6) is 0 Å². The van der Waals surface area contributed by atoms with Gasteiger partial charge in [0.1, 0.15) is 29.8 Å². The molecule has 1 aromatic carbocycles. The zero-order valence-corrected chi connectivity index (χ0v) is 18.2. The summed E-state index contributed by atoms with van der Waals surface area (Å²) >= 11 is 6.96. The molecular formula is C20H18ClF3N4O4S. The Bertz CT molecular complexity index is 1080. The van der Waals surface area contributed by atoms with Crippen molar-refractivity contribution >= 4 is 29.1 Å². The lowest BCUT2D eigenvalue weighted by molar-refractivity contribution is -0.164. The van der Waals surface area contributed by atoms with Crippen LogP contribution in [0.2, 0.25) is 5.02 Å². The molecule has 2 aromatic rings. The van der Waals surface area contributed by atoms with Crippen LogP contribution in [-0.4, -0.2) is 56.7 Å². The van der Waals surface area contributed by atoms with E-state index in [1.807, 2.05) is 6.07 Å². The first-order valence-electron chi connectivity index (χ1n) is 9.37. The van der Waals surface area contributed by atoms with Crippen molar-refractivity contribution in [2.75, 3.05) is 6.61 Å². The lowest BCUT2D eigenvalue weighted by Crippen LogP contribution is -2.62. The third-order valence-electron chi connectivity index (χ3n) is 4.81. The van der Waals surface area contributed by atoms with Gasteiger partial charge in [-0.05, 0) is 18.2 Å². The zero-order valence-electron chi connectivity index (χ0n) is 16.6. The molecule has 1 aliphatic rings. The van der Waals surface area contributed by atoms with Gasteiger partial charge >= 0.3 is 0 Å². The zero-order chi connectivity index (χ0) is 24.3. The molecule has 1 saturated heterocycles. The Morgan fingerprint density at radius 1 is 1.27 bits per heavy atom. The van der Waals surface area contributed by atoms with Crippen LogP contribution in [0.4, 0.5) is 13.2 Å². The fourth-order valence-corrected chi connectivity index (χ4v) is 4.42. The predicted molar refractivity (Wildman–Crippen MR) is 113 cm³/mol.